The molecule has 0 saturated heterocycles. The van der Waals surface area contributed by atoms with Crippen molar-refractivity contribution in [1.29, 1.82) is 0 Å². The van der Waals surface area contributed by atoms with Gasteiger partial charge in [-0.05, 0) is 26.3 Å². The average molecular weight is 256 g/mol. The van der Waals surface area contributed by atoms with Gasteiger partial charge in [-0.2, -0.15) is 0 Å². The molecule has 1 heterocycles. The Morgan fingerprint density at radius 1 is 1.41 bits per heavy atom. The first-order valence-electron chi connectivity index (χ1n) is 6.46. The molecule has 1 aromatic heterocycles. The maximum Gasteiger partial charge on any atom is 0.0951 e. The lowest BCUT2D eigenvalue weighted by molar-refractivity contribution is 0.151. The summed E-state index contributed by atoms with van der Waals surface area (Å²) < 4.78 is 5.33. The van der Waals surface area contributed by atoms with Crippen molar-refractivity contribution in [2.75, 3.05) is 19.8 Å². The molecular weight excluding hydrogens is 232 g/mol. The lowest BCUT2D eigenvalue weighted by Gasteiger charge is -2.06. The normalized spacial score (nSPS) is 11.3. The van der Waals surface area contributed by atoms with Crippen LogP contribution in [0.25, 0.3) is 0 Å². The van der Waals surface area contributed by atoms with E-state index < -0.39 is 0 Å². The molecule has 0 atom stereocenters. The fourth-order valence-electron chi connectivity index (χ4n) is 1.54. The Morgan fingerprint density at radius 3 is 2.94 bits per heavy atom. The van der Waals surface area contributed by atoms with Crippen molar-refractivity contribution in [2.24, 2.45) is 0 Å². The highest BCUT2D eigenvalue weighted by atomic mass is 32.1. The minimum atomic E-state index is 0.576. The van der Waals surface area contributed by atoms with E-state index in [0.717, 1.165) is 39.0 Å². The van der Waals surface area contributed by atoms with Gasteiger partial charge >= 0.3 is 0 Å². The van der Waals surface area contributed by atoms with Crippen molar-refractivity contribution in [3.8, 4) is 0 Å². The summed E-state index contributed by atoms with van der Waals surface area (Å²) in [7, 11) is 0. The van der Waals surface area contributed by atoms with Crippen molar-refractivity contribution in [3.63, 3.8) is 0 Å². The highest BCUT2D eigenvalue weighted by molar-refractivity contribution is 7.09. The molecule has 0 unspecified atom stereocenters. The molecule has 1 aromatic rings. The van der Waals surface area contributed by atoms with Gasteiger partial charge in [0.1, 0.15) is 0 Å². The zero-order valence-electron chi connectivity index (χ0n) is 11.2. The van der Waals surface area contributed by atoms with E-state index in [1.54, 1.807) is 11.3 Å². The number of rotatable bonds is 9. The van der Waals surface area contributed by atoms with Crippen molar-refractivity contribution >= 4 is 11.3 Å². The van der Waals surface area contributed by atoms with Gasteiger partial charge in [-0.15, -0.1) is 11.3 Å². The van der Waals surface area contributed by atoms with Crippen LogP contribution in [0.5, 0.6) is 0 Å². The summed E-state index contributed by atoms with van der Waals surface area (Å²) in [5.74, 6) is 0. The molecule has 3 nitrogen and oxygen atoms in total. The summed E-state index contributed by atoms with van der Waals surface area (Å²) in [4.78, 5) is 4.61. The molecule has 0 radical (unpaired) electrons. The number of hydrogen-bond acceptors (Lipinski definition) is 4. The first-order valence-corrected chi connectivity index (χ1v) is 7.34. The zero-order valence-corrected chi connectivity index (χ0v) is 12.0. The highest BCUT2D eigenvalue weighted by Gasteiger charge is 2.02. The van der Waals surface area contributed by atoms with Crippen LogP contribution in [0, 0.1) is 0 Å². The molecule has 0 aliphatic heterocycles. The first-order chi connectivity index (χ1) is 8.22. The molecule has 1 N–H and O–H groups in total. The zero-order chi connectivity index (χ0) is 12.5. The Labute approximate surface area is 109 Å². The van der Waals surface area contributed by atoms with Gasteiger partial charge in [0.25, 0.3) is 0 Å². The van der Waals surface area contributed by atoms with Gasteiger partial charge in [0.15, 0.2) is 0 Å². The van der Waals surface area contributed by atoms with Crippen LogP contribution in [0.15, 0.2) is 5.38 Å². The SMILES string of the molecule is CCOCCc1nc(CCCNC(C)C)cs1. The third-order valence-electron chi connectivity index (χ3n) is 2.43. The Kier molecular flexibility index (Phi) is 7.40. The quantitative estimate of drug-likeness (QED) is 0.690. The van der Waals surface area contributed by atoms with Crippen molar-refractivity contribution in [1.82, 2.24) is 10.3 Å². The predicted octanol–water partition coefficient (Wildman–Crippen LogP) is 2.65. The maximum atomic E-state index is 5.33. The summed E-state index contributed by atoms with van der Waals surface area (Å²) in [5, 5.41) is 6.80. The van der Waals surface area contributed by atoms with E-state index in [2.05, 4.69) is 29.5 Å². The largest absolute Gasteiger partial charge is 0.381 e. The minimum absolute atomic E-state index is 0.576. The molecule has 0 aliphatic rings. The molecular formula is C13H24N2OS. The molecule has 0 saturated carbocycles. The fraction of sp³-hybridized carbons (Fsp3) is 0.769. The van der Waals surface area contributed by atoms with Crippen LogP contribution in [-0.4, -0.2) is 30.8 Å². The van der Waals surface area contributed by atoms with Gasteiger partial charge in [-0.1, -0.05) is 13.8 Å². The van der Waals surface area contributed by atoms with Gasteiger partial charge in [-0.25, -0.2) is 4.98 Å². The summed E-state index contributed by atoms with van der Waals surface area (Å²) in [6.45, 7) is 9.03. The first kappa shape index (κ1) is 14.6. The van der Waals surface area contributed by atoms with Crippen LogP contribution < -0.4 is 5.32 Å². The van der Waals surface area contributed by atoms with Crippen LogP contribution in [0.3, 0.4) is 0 Å². The number of aryl methyl sites for hydroxylation is 1. The molecule has 0 aromatic carbocycles. The highest BCUT2D eigenvalue weighted by Crippen LogP contribution is 2.12. The van der Waals surface area contributed by atoms with Crippen LogP contribution in [0.2, 0.25) is 0 Å². The van der Waals surface area contributed by atoms with E-state index in [4.69, 9.17) is 4.74 Å². The Morgan fingerprint density at radius 2 is 2.24 bits per heavy atom. The number of aromatic nitrogens is 1. The summed E-state index contributed by atoms with van der Waals surface area (Å²) in [6, 6.07) is 0.576. The smallest absolute Gasteiger partial charge is 0.0951 e. The average Bonchev–Trinajstić information content (AvgIpc) is 2.73. The van der Waals surface area contributed by atoms with E-state index in [9.17, 15) is 0 Å². The van der Waals surface area contributed by atoms with Gasteiger partial charge < -0.3 is 10.1 Å². The van der Waals surface area contributed by atoms with Crippen molar-refractivity contribution in [3.05, 3.63) is 16.1 Å². The van der Waals surface area contributed by atoms with E-state index in [-0.39, 0.29) is 0 Å². The summed E-state index contributed by atoms with van der Waals surface area (Å²) >= 11 is 1.75. The van der Waals surface area contributed by atoms with E-state index in [1.165, 1.54) is 10.7 Å². The lowest BCUT2D eigenvalue weighted by atomic mass is 10.2. The standard InChI is InChI=1S/C13H24N2OS/c1-4-16-9-7-13-15-12(10-17-13)6-5-8-14-11(2)3/h10-11,14H,4-9H2,1-3H3. The summed E-state index contributed by atoms with van der Waals surface area (Å²) in [6.07, 6.45) is 3.18. The number of nitrogens with one attached hydrogen (secondary N) is 1. The predicted molar refractivity (Wildman–Crippen MR) is 73.8 cm³/mol. The number of nitrogens with zero attached hydrogens (tertiary/aromatic N) is 1. The number of hydrogen-bond donors (Lipinski definition) is 1. The third-order valence-corrected chi connectivity index (χ3v) is 3.38. The van der Waals surface area contributed by atoms with Gasteiger partial charge in [-0.3, -0.25) is 0 Å². The third kappa shape index (κ3) is 6.76. The van der Waals surface area contributed by atoms with Crippen molar-refractivity contribution < 1.29 is 4.74 Å². The molecule has 4 heteroatoms. The lowest BCUT2D eigenvalue weighted by Crippen LogP contribution is -2.23. The van der Waals surface area contributed by atoms with Crippen LogP contribution in [0.1, 0.15) is 37.9 Å². The number of thiazole rings is 1. The Balaban J connectivity index is 2.16. The summed E-state index contributed by atoms with van der Waals surface area (Å²) in [5.41, 5.74) is 1.23. The minimum Gasteiger partial charge on any atom is -0.381 e. The molecule has 0 fully saturated rings. The molecule has 17 heavy (non-hydrogen) atoms. The second-order valence-electron chi connectivity index (χ2n) is 4.39. The van der Waals surface area contributed by atoms with Gasteiger partial charge in [0.05, 0.1) is 17.3 Å². The second-order valence-corrected chi connectivity index (χ2v) is 5.33. The van der Waals surface area contributed by atoms with Crippen LogP contribution in [0.4, 0.5) is 0 Å². The van der Waals surface area contributed by atoms with E-state index in [0.29, 0.717) is 6.04 Å². The van der Waals surface area contributed by atoms with Crippen LogP contribution >= 0.6 is 11.3 Å². The Hall–Kier alpha value is -0.450. The van der Waals surface area contributed by atoms with E-state index in [1.807, 2.05) is 6.92 Å². The van der Waals surface area contributed by atoms with Crippen molar-refractivity contribution in [2.45, 2.75) is 46.1 Å². The van der Waals surface area contributed by atoms with E-state index >= 15 is 0 Å². The topological polar surface area (TPSA) is 34.1 Å². The fourth-order valence-corrected chi connectivity index (χ4v) is 2.36. The monoisotopic (exact) mass is 256 g/mol. The molecule has 0 spiro atoms. The Bertz CT molecular complexity index is 299. The molecule has 0 amide bonds. The number of ether oxygens (including phenoxy) is 1. The van der Waals surface area contributed by atoms with Gasteiger partial charge in [0, 0.05) is 24.4 Å². The second kappa shape index (κ2) is 8.61. The molecule has 0 aliphatic carbocycles. The molecule has 0 bridgehead atoms. The van der Waals surface area contributed by atoms with Gasteiger partial charge in [0.2, 0.25) is 0 Å². The molecule has 98 valence electrons. The maximum absolute atomic E-state index is 5.33. The van der Waals surface area contributed by atoms with Crippen LogP contribution in [-0.2, 0) is 17.6 Å². The molecule has 1 rings (SSSR count).